The molecule has 7 nitrogen and oxygen atoms in total. The van der Waals surface area contributed by atoms with Crippen LogP contribution in [0.4, 0.5) is 0 Å². The van der Waals surface area contributed by atoms with E-state index < -0.39 is 49.4 Å². The van der Waals surface area contributed by atoms with Crippen molar-refractivity contribution in [1.82, 2.24) is 0 Å². The summed E-state index contributed by atoms with van der Waals surface area (Å²) in [4.78, 5) is 23.3. The van der Waals surface area contributed by atoms with Crippen LogP contribution in [-0.4, -0.2) is 53.4 Å². The lowest BCUT2D eigenvalue weighted by Crippen LogP contribution is -2.48. The number of aliphatic hydroxyl groups excluding tert-OH is 3. The van der Waals surface area contributed by atoms with Gasteiger partial charge in [-0.25, -0.2) is 0 Å². The zero-order valence-electron chi connectivity index (χ0n) is 10.2. The van der Waals surface area contributed by atoms with Gasteiger partial charge < -0.3 is 24.8 Å². The van der Waals surface area contributed by atoms with Crippen molar-refractivity contribution in [3.8, 4) is 0 Å². The van der Waals surface area contributed by atoms with Gasteiger partial charge in [-0.15, -0.1) is 0 Å². The third-order valence-corrected chi connectivity index (χ3v) is 3.24. The van der Waals surface area contributed by atoms with Gasteiger partial charge >= 0.3 is 11.9 Å². The number of aliphatic hydroxyl groups is 3. The Morgan fingerprint density at radius 1 is 1.22 bits per heavy atom. The van der Waals surface area contributed by atoms with Crippen molar-refractivity contribution in [2.24, 2.45) is 11.3 Å². The lowest BCUT2D eigenvalue weighted by Gasteiger charge is -2.34. The fourth-order valence-corrected chi connectivity index (χ4v) is 1.97. The molecule has 0 radical (unpaired) electrons. The molecule has 1 fully saturated rings. The maximum atomic E-state index is 11.9. The summed E-state index contributed by atoms with van der Waals surface area (Å²) < 4.78 is 9.65. The molecular weight excluding hydrogens is 244 g/mol. The molecule has 1 aliphatic heterocycles. The zero-order chi connectivity index (χ0) is 13.8. The standard InChI is InChI=1S/C11H18O7/c1-7-17-9(15)3-2-8(4-12)11(5-13,6-14)10(16)18-7/h7-8,12-14H,2-6H2,1H3. The van der Waals surface area contributed by atoms with Gasteiger partial charge in [0.25, 0.3) is 0 Å². The summed E-state index contributed by atoms with van der Waals surface area (Å²) in [6.45, 7) is -0.421. The molecule has 1 heterocycles. The molecule has 0 aromatic carbocycles. The molecule has 0 aromatic heterocycles. The van der Waals surface area contributed by atoms with E-state index in [1.54, 1.807) is 0 Å². The summed E-state index contributed by atoms with van der Waals surface area (Å²) in [6.07, 6.45) is -0.980. The highest BCUT2D eigenvalue weighted by Gasteiger charge is 2.47. The lowest BCUT2D eigenvalue weighted by atomic mass is 9.74. The average molecular weight is 262 g/mol. The largest absolute Gasteiger partial charge is 0.425 e. The normalized spacial score (nSPS) is 28.7. The molecule has 0 bridgehead atoms. The Hall–Kier alpha value is -1.18. The van der Waals surface area contributed by atoms with Crippen LogP contribution >= 0.6 is 0 Å². The third-order valence-electron chi connectivity index (χ3n) is 3.24. The maximum absolute atomic E-state index is 11.9. The fourth-order valence-electron chi connectivity index (χ4n) is 1.97. The Morgan fingerprint density at radius 2 is 1.83 bits per heavy atom. The smallest absolute Gasteiger partial charge is 0.320 e. The van der Waals surface area contributed by atoms with Gasteiger partial charge in [0.1, 0.15) is 5.41 Å². The number of ether oxygens (including phenoxy) is 2. The second kappa shape index (κ2) is 6.12. The predicted octanol–water partition coefficient (Wildman–Crippen LogP) is -1.21. The van der Waals surface area contributed by atoms with Crippen molar-refractivity contribution in [3.63, 3.8) is 0 Å². The summed E-state index contributed by atoms with van der Waals surface area (Å²) >= 11 is 0. The number of carbonyl (C=O) groups excluding carboxylic acids is 2. The van der Waals surface area contributed by atoms with Crippen LogP contribution < -0.4 is 0 Å². The van der Waals surface area contributed by atoms with E-state index in [1.807, 2.05) is 0 Å². The first-order valence-corrected chi connectivity index (χ1v) is 5.73. The summed E-state index contributed by atoms with van der Waals surface area (Å²) in [6, 6.07) is 0. The number of esters is 2. The van der Waals surface area contributed by atoms with Gasteiger partial charge in [-0.2, -0.15) is 0 Å². The van der Waals surface area contributed by atoms with Gasteiger partial charge in [0.05, 0.1) is 13.2 Å². The SMILES string of the molecule is CC1OC(=O)CCC(CO)C(CO)(CO)C(=O)O1. The molecule has 1 rings (SSSR count). The number of rotatable bonds is 3. The summed E-state index contributed by atoms with van der Waals surface area (Å²) in [5.41, 5.74) is -1.61. The van der Waals surface area contributed by atoms with Crippen molar-refractivity contribution < 1.29 is 34.4 Å². The Morgan fingerprint density at radius 3 is 2.33 bits per heavy atom. The van der Waals surface area contributed by atoms with Gasteiger partial charge in [0.15, 0.2) is 0 Å². The minimum absolute atomic E-state index is 0.0199. The van der Waals surface area contributed by atoms with E-state index >= 15 is 0 Å². The van der Waals surface area contributed by atoms with Crippen LogP contribution in [0.25, 0.3) is 0 Å². The van der Waals surface area contributed by atoms with E-state index in [0.717, 1.165) is 0 Å². The molecule has 0 aromatic rings. The van der Waals surface area contributed by atoms with Crippen molar-refractivity contribution in [2.75, 3.05) is 19.8 Å². The number of cyclic esters (lactones) is 2. The van der Waals surface area contributed by atoms with E-state index in [9.17, 15) is 24.9 Å². The van der Waals surface area contributed by atoms with Crippen molar-refractivity contribution in [3.05, 3.63) is 0 Å². The molecule has 0 spiro atoms. The molecular formula is C11H18O7. The molecule has 18 heavy (non-hydrogen) atoms. The van der Waals surface area contributed by atoms with Gasteiger partial charge in [0, 0.05) is 25.9 Å². The predicted molar refractivity (Wildman–Crippen MR) is 58.1 cm³/mol. The monoisotopic (exact) mass is 262 g/mol. The van der Waals surface area contributed by atoms with E-state index in [0.29, 0.717) is 0 Å². The lowest BCUT2D eigenvalue weighted by molar-refractivity contribution is -0.196. The highest BCUT2D eigenvalue weighted by atomic mass is 16.7. The van der Waals surface area contributed by atoms with Gasteiger partial charge in [-0.1, -0.05) is 0 Å². The van der Waals surface area contributed by atoms with Crippen molar-refractivity contribution >= 4 is 11.9 Å². The first-order valence-electron chi connectivity index (χ1n) is 5.73. The molecule has 2 unspecified atom stereocenters. The van der Waals surface area contributed by atoms with E-state index in [2.05, 4.69) is 0 Å². The topological polar surface area (TPSA) is 113 Å². The van der Waals surface area contributed by atoms with Crippen molar-refractivity contribution in [1.29, 1.82) is 0 Å². The first kappa shape index (κ1) is 14.9. The average Bonchev–Trinajstić information content (AvgIpc) is 2.37. The zero-order valence-corrected chi connectivity index (χ0v) is 10.2. The minimum atomic E-state index is -1.61. The van der Waals surface area contributed by atoms with Gasteiger partial charge in [-0.05, 0) is 6.42 Å². The minimum Gasteiger partial charge on any atom is -0.425 e. The number of carbonyl (C=O) groups is 2. The molecule has 3 N–H and O–H groups in total. The van der Waals surface area contributed by atoms with E-state index in [4.69, 9.17) is 9.47 Å². The molecule has 104 valence electrons. The van der Waals surface area contributed by atoms with E-state index in [1.165, 1.54) is 6.92 Å². The highest BCUT2D eigenvalue weighted by Crippen LogP contribution is 2.33. The van der Waals surface area contributed by atoms with Gasteiger partial charge in [-0.3, -0.25) is 9.59 Å². The highest BCUT2D eigenvalue weighted by molar-refractivity contribution is 5.78. The number of hydrogen-bond acceptors (Lipinski definition) is 7. The maximum Gasteiger partial charge on any atom is 0.320 e. The quantitative estimate of drug-likeness (QED) is 0.547. The molecule has 2 atom stereocenters. The third kappa shape index (κ3) is 2.80. The van der Waals surface area contributed by atoms with Crippen LogP contribution in [0.15, 0.2) is 0 Å². The summed E-state index contributed by atoms with van der Waals surface area (Å²) in [7, 11) is 0. The number of hydrogen-bond donors (Lipinski definition) is 3. The van der Waals surface area contributed by atoms with Crippen LogP contribution in [0.5, 0.6) is 0 Å². The molecule has 1 saturated heterocycles. The summed E-state index contributed by atoms with van der Waals surface area (Å²) in [5.74, 6) is -2.20. The first-order chi connectivity index (χ1) is 8.50. The second-order valence-electron chi connectivity index (χ2n) is 4.35. The molecule has 0 saturated carbocycles. The molecule has 0 aliphatic carbocycles. The van der Waals surface area contributed by atoms with Crippen LogP contribution in [-0.2, 0) is 19.1 Å². The molecule has 7 heteroatoms. The summed E-state index contributed by atoms with van der Waals surface area (Å²) in [5, 5.41) is 28.0. The van der Waals surface area contributed by atoms with Gasteiger partial charge in [0.2, 0.25) is 6.29 Å². The van der Waals surface area contributed by atoms with Crippen LogP contribution in [0.1, 0.15) is 19.8 Å². The second-order valence-corrected chi connectivity index (χ2v) is 4.35. The van der Waals surface area contributed by atoms with E-state index in [-0.39, 0.29) is 12.8 Å². The Kier molecular flexibility index (Phi) is 5.06. The van der Waals surface area contributed by atoms with Crippen molar-refractivity contribution in [2.45, 2.75) is 26.1 Å². The Bertz CT molecular complexity index is 311. The fraction of sp³-hybridized carbons (Fsp3) is 0.818. The molecule has 1 aliphatic rings. The van der Waals surface area contributed by atoms with Crippen LogP contribution in [0.2, 0.25) is 0 Å². The Balaban J connectivity index is 3.07. The van der Waals surface area contributed by atoms with Crippen LogP contribution in [0, 0.1) is 11.3 Å². The molecule has 0 amide bonds. The Labute approximate surface area is 104 Å². The van der Waals surface area contributed by atoms with Crippen LogP contribution in [0.3, 0.4) is 0 Å².